The molecule has 282 valence electrons. The number of esters is 1. The van der Waals surface area contributed by atoms with Crippen molar-refractivity contribution in [2.75, 3.05) is 39.3 Å². The molecule has 11 heteroatoms. The van der Waals surface area contributed by atoms with E-state index in [1.54, 1.807) is 22.8 Å². The molecule has 1 aliphatic carbocycles. The molecule has 4 rings (SSSR count). The lowest BCUT2D eigenvalue weighted by atomic mass is 9.89. The van der Waals surface area contributed by atoms with Crippen molar-refractivity contribution in [3.8, 4) is 0 Å². The van der Waals surface area contributed by atoms with Crippen molar-refractivity contribution >= 4 is 18.2 Å². The molecule has 2 N–H and O–H groups in total. The quantitative estimate of drug-likeness (QED) is 0.108. The number of nitrogens with zero attached hydrogens (tertiary/aromatic N) is 3. The lowest BCUT2D eigenvalue weighted by molar-refractivity contribution is -0.151. The SMILES string of the molecule is C/C(=C\C=C\[C@@H](C)COC(=O)N1CCC[C@H]1C)[C@H]1OC(=O)C[C@H](O)CC[C@@](C)(O)[C@@H](OC(=O)N2CCN(C3CCCCCC3)CC2)/C=C\[C@@H]1C. The van der Waals surface area contributed by atoms with E-state index < -0.39 is 36.0 Å². The number of cyclic esters (lactones) is 1. The summed E-state index contributed by atoms with van der Waals surface area (Å²) in [7, 11) is 0. The Morgan fingerprint density at radius 2 is 1.70 bits per heavy atom. The van der Waals surface area contributed by atoms with Crippen molar-refractivity contribution < 1.29 is 38.8 Å². The number of allylic oxidation sites excluding steroid dienone is 2. The predicted octanol–water partition coefficient (Wildman–Crippen LogP) is 5.99. The second-order valence-electron chi connectivity index (χ2n) is 15.4. The van der Waals surface area contributed by atoms with E-state index in [1.165, 1.54) is 38.5 Å². The first-order chi connectivity index (χ1) is 23.8. The Balaban J connectivity index is 1.39. The minimum atomic E-state index is -1.46. The number of ether oxygens (including phenoxy) is 3. The van der Waals surface area contributed by atoms with Crippen molar-refractivity contribution in [3.63, 3.8) is 0 Å². The molecule has 3 heterocycles. The first kappa shape index (κ1) is 39.9. The Morgan fingerprint density at radius 3 is 2.36 bits per heavy atom. The Bertz CT molecular complexity index is 1200. The maximum absolute atomic E-state index is 13.4. The van der Waals surface area contributed by atoms with Gasteiger partial charge in [0.1, 0.15) is 11.7 Å². The van der Waals surface area contributed by atoms with Gasteiger partial charge in [-0.3, -0.25) is 9.69 Å². The predicted molar refractivity (Wildman–Crippen MR) is 192 cm³/mol. The van der Waals surface area contributed by atoms with Gasteiger partial charge in [0.15, 0.2) is 6.10 Å². The summed E-state index contributed by atoms with van der Waals surface area (Å²) in [6.07, 6.45) is 15.5. The second-order valence-corrected chi connectivity index (χ2v) is 15.4. The van der Waals surface area contributed by atoms with Crippen LogP contribution in [0.4, 0.5) is 9.59 Å². The zero-order valence-electron chi connectivity index (χ0n) is 31.1. The summed E-state index contributed by atoms with van der Waals surface area (Å²) in [6.45, 7) is 13.2. The van der Waals surface area contributed by atoms with Crippen LogP contribution in [0.15, 0.2) is 36.0 Å². The Morgan fingerprint density at radius 1 is 1.00 bits per heavy atom. The van der Waals surface area contributed by atoms with Gasteiger partial charge in [0.2, 0.25) is 0 Å². The molecule has 0 aromatic rings. The van der Waals surface area contributed by atoms with Crippen LogP contribution in [0.1, 0.15) is 105 Å². The van der Waals surface area contributed by atoms with Gasteiger partial charge in [0.25, 0.3) is 0 Å². The average molecular weight is 702 g/mol. The minimum absolute atomic E-state index is 0.0234. The molecule has 3 aliphatic heterocycles. The Hall–Kier alpha value is -2.89. The topological polar surface area (TPSA) is 129 Å². The van der Waals surface area contributed by atoms with Crippen LogP contribution in [0.5, 0.6) is 0 Å². The van der Waals surface area contributed by atoms with Crippen molar-refractivity contribution in [1.29, 1.82) is 0 Å². The lowest BCUT2D eigenvalue weighted by Crippen LogP contribution is -2.53. The van der Waals surface area contributed by atoms with Crippen LogP contribution in [-0.4, -0.2) is 118 Å². The molecule has 0 spiro atoms. The fourth-order valence-corrected chi connectivity index (χ4v) is 7.56. The summed E-state index contributed by atoms with van der Waals surface area (Å²) < 4.78 is 17.4. The third-order valence-electron chi connectivity index (χ3n) is 11.0. The van der Waals surface area contributed by atoms with Crippen molar-refractivity contribution in [2.24, 2.45) is 11.8 Å². The molecule has 0 unspecified atom stereocenters. The van der Waals surface area contributed by atoms with Crippen LogP contribution in [0.3, 0.4) is 0 Å². The second kappa shape index (κ2) is 19.1. The monoisotopic (exact) mass is 701 g/mol. The number of hydrogen-bond acceptors (Lipinski definition) is 9. The molecule has 0 aromatic heterocycles. The van der Waals surface area contributed by atoms with E-state index in [9.17, 15) is 24.6 Å². The lowest BCUT2D eigenvalue weighted by Gasteiger charge is -2.40. The summed E-state index contributed by atoms with van der Waals surface area (Å²) in [5.41, 5.74) is -0.687. The zero-order valence-corrected chi connectivity index (χ0v) is 31.1. The fourth-order valence-electron chi connectivity index (χ4n) is 7.56. The third kappa shape index (κ3) is 11.8. The summed E-state index contributed by atoms with van der Waals surface area (Å²) in [5, 5.41) is 22.2. The molecule has 3 fully saturated rings. The van der Waals surface area contributed by atoms with E-state index in [2.05, 4.69) is 4.90 Å². The summed E-state index contributed by atoms with van der Waals surface area (Å²) in [4.78, 5) is 44.8. The molecule has 11 nitrogen and oxygen atoms in total. The van der Waals surface area contributed by atoms with Crippen LogP contribution in [0, 0.1) is 11.8 Å². The summed E-state index contributed by atoms with van der Waals surface area (Å²) >= 11 is 0. The highest BCUT2D eigenvalue weighted by Gasteiger charge is 2.37. The highest BCUT2D eigenvalue weighted by molar-refractivity contribution is 5.70. The van der Waals surface area contributed by atoms with E-state index in [1.807, 2.05) is 52.0 Å². The number of rotatable bonds is 7. The molecule has 0 bridgehead atoms. The molecular formula is C39H63N3O8. The van der Waals surface area contributed by atoms with Gasteiger partial charge in [-0.05, 0) is 70.9 Å². The highest BCUT2D eigenvalue weighted by atomic mass is 16.6. The van der Waals surface area contributed by atoms with Crippen LogP contribution in [-0.2, 0) is 19.0 Å². The largest absolute Gasteiger partial charge is 0.457 e. The third-order valence-corrected chi connectivity index (χ3v) is 11.0. The van der Waals surface area contributed by atoms with Crippen LogP contribution >= 0.6 is 0 Å². The number of aliphatic hydroxyl groups is 2. The molecule has 0 aromatic carbocycles. The number of carbonyl (C=O) groups excluding carboxylic acids is 3. The Kier molecular flexibility index (Phi) is 15.2. The smallest absolute Gasteiger partial charge is 0.410 e. The number of hydrogen-bond donors (Lipinski definition) is 2. The van der Waals surface area contributed by atoms with Gasteiger partial charge in [0.05, 0.1) is 19.1 Å². The molecule has 0 radical (unpaired) electrons. The maximum Gasteiger partial charge on any atom is 0.410 e. The van der Waals surface area contributed by atoms with Gasteiger partial charge in [-0.25, -0.2) is 9.59 Å². The van der Waals surface area contributed by atoms with Gasteiger partial charge < -0.3 is 34.2 Å². The molecule has 1 saturated carbocycles. The molecule has 50 heavy (non-hydrogen) atoms. The van der Waals surface area contributed by atoms with Gasteiger partial charge in [-0.15, -0.1) is 0 Å². The molecular weight excluding hydrogens is 638 g/mol. The maximum atomic E-state index is 13.4. The molecule has 2 saturated heterocycles. The fraction of sp³-hybridized carbons (Fsp3) is 0.769. The van der Waals surface area contributed by atoms with E-state index >= 15 is 0 Å². The summed E-state index contributed by atoms with van der Waals surface area (Å²) in [6, 6.07) is 0.792. The number of aliphatic hydroxyl groups excluding tert-OH is 1. The zero-order chi connectivity index (χ0) is 36.3. The van der Waals surface area contributed by atoms with Gasteiger partial charge in [0, 0.05) is 56.6 Å². The van der Waals surface area contributed by atoms with Crippen LogP contribution < -0.4 is 0 Å². The van der Waals surface area contributed by atoms with E-state index in [0.717, 1.165) is 38.0 Å². The number of carbonyl (C=O) groups is 3. The first-order valence-corrected chi connectivity index (χ1v) is 19.1. The van der Waals surface area contributed by atoms with E-state index in [-0.39, 0.29) is 49.8 Å². The van der Waals surface area contributed by atoms with Gasteiger partial charge >= 0.3 is 18.2 Å². The summed E-state index contributed by atoms with van der Waals surface area (Å²) in [5.74, 6) is -0.882. The molecule has 4 aliphatic rings. The number of amides is 2. The van der Waals surface area contributed by atoms with E-state index in [0.29, 0.717) is 19.1 Å². The average Bonchev–Trinajstić information content (AvgIpc) is 3.33. The number of likely N-dealkylation sites (tertiary alicyclic amines) is 1. The normalized spacial score (nSPS) is 32.8. The standard InChI is InChI=1S/C39H63N3O8/c1-28(27-48-38(46)42-21-11-14-31(42)4)12-10-13-29(2)36-30(3)17-18-34(39(5,47)20-19-33(43)26-35(44)50-36)49-37(45)41-24-22-40(23-25-41)32-15-8-6-7-9-16-32/h10,12-13,17-18,28,30-34,36,43,47H,6-9,11,14-16,19-27H2,1-5H3/b12-10+,18-17-,29-13+/t28-,30+,31-,33-,34+,36-,39-/m1/s1. The number of piperazine rings is 1. The van der Waals surface area contributed by atoms with Crippen molar-refractivity contribution in [3.05, 3.63) is 36.0 Å². The molecule has 2 amide bonds. The van der Waals surface area contributed by atoms with Gasteiger partial charge in [-0.2, -0.15) is 0 Å². The first-order valence-electron chi connectivity index (χ1n) is 19.1. The van der Waals surface area contributed by atoms with Crippen LogP contribution in [0.25, 0.3) is 0 Å². The molecule has 7 atom stereocenters. The Labute approximate surface area is 299 Å². The van der Waals surface area contributed by atoms with Crippen LogP contribution in [0.2, 0.25) is 0 Å². The van der Waals surface area contributed by atoms with Crippen molar-refractivity contribution in [1.82, 2.24) is 14.7 Å². The highest BCUT2D eigenvalue weighted by Crippen LogP contribution is 2.28. The van der Waals surface area contributed by atoms with E-state index in [4.69, 9.17) is 14.2 Å². The minimum Gasteiger partial charge on any atom is -0.457 e. The van der Waals surface area contributed by atoms with Gasteiger partial charge in [-0.1, -0.05) is 63.8 Å². The van der Waals surface area contributed by atoms with Crippen molar-refractivity contribution in [2.45, 2.75) is 141 Å².